The number of halogens is 1. The highest BCUT2D eigenvalue weighted by molar-refractivity contribution is 9.10. The zero-order valence-corrected chi connectivity index (χ0v) is 12.7. The molecule has 2 aromatic rings. The average molecular weight is 327 g/mol. The number of H-pyrrole nitrogens is 1. The fraction of sp³-hybridized carbons (Fsp3) is 0.167. The maximum absolute atomic E-state index is 5.19. The molecule has 1 aromatic carbocycles. The zero-order chi connectivity index (χ0) is 12.4. The Morgan fingerprint density at radius 2 is 1.94 bits per heavy atom. The van der Waals surface area contributed by atoms with Crippen molar-refractivity contribution in [1.29, 1.82) is 0 Å². The normalized spacial score (nSPS) is 10.5. The second-order valence-corrected chi connectivity index (χ2v) is 5.62. The van der Waals surface area contributed by atoms with Crippen molar-refractivity contribution in [3.05, 3.63) is 39.1 Å². The molecule has 17 heavy (non-hydrogen) atoms. The summed E-state index contributed by atoms with van der Waals surface area (Å²) in [6.07, 6.45) is 2.06. The Hall–Kier alpha value is -0.650. The molecular weight excluding hydrogens is 316 g/mol. The molecule has 0 fully saturated rings. The van der Waals surface area contributed by atoms with Crippen LogP contribution in [0.2, 0.25) is 0 Å². The first-order valence-electron chi connectivity index (χ1n) is 5.02. The molecule has 0 spiro atoms. The van der Waals surface area contributed by atoms with E-state index in [0.29, 0.717) is 4.64 Å². The number of aromatic nitrogens is 2. The predicted molar refractivity (Wildman–Crippen MR) is 79.1 cm³/mol. The zero-order valence-electron chi connectivity index (χ0n) is 9.45. The molecule has 88 valence electrons. The third kappa shape index (κ3) is 2.78. The van der Waals surface area contributed by atoms with Crippen LogP contribution >= 0.6 is 39.9 Å². The van der Waals surface area contributed by atoms with Crippen molar-refractivity contribution in [2.45, 2.75) is 11.8 Å². The third-order valence-electron chi connectivity index (χ3n) is 2.40. The van der Waals surface area contributed by atoms with E-state index in [1.807, 2.05) is 19.1 Å². The van der Waals surface area contributed by atoms with E-state index in [-0.39, 0.29) is 0 Å². The van der Waals surface area contributed by atoms with Crippen LogP contribution in [0.15, 0.2) is 33.6 Å². The average Bonchev–Trinajstić information content (AvgIpc) is 2.35. The number of aryl methyl sites for hydroxylation is 1. The minimum absolute atomic E-state index is 0.588. The van der Waals surface area contributed by atoms with Gasteiger partial charge in [-0.2, -0.15) is 0 Å². The highest BCUT2D eigenvalue weighted by Crippen LogP contribution is 2.23. The minimum atomic E-state index is 0.588. The van der Waals surface area contributed by atoms with E-state index in [4.69, 9.17) is 12.2 Å². The molecule has 2 nitrogen and oxygen atoms in total. The first kappa shape index (κ1) is 12.8. The molecule has 0 unspecified atom stereocenters. The van der Waals surface area contributed by atoms with E-state index in [0.717, 1.165) is 21.6 Å². The Kier molecular flexibility index (Phi) is 4.01. The number of hydrogen-bond donors (Lipinski definition) is 1. The van der Waals surface area contributed by atoms with E-state index in [1.165, 1.54) is 4.90 Å². The summed E-state index contributed by atoms with van der Waals surface area (Å²) in [4.78, 5) is 8.84. The lowest BCUT2D eigenvalue weighted by molar-refractivity contribution is 1.08. The molecule has 0 aliphatic rings. The Bertz CT molecular complexity index is 590. The topological polar surface area (TPSA) is 28.7 Å². The molecule has 1 heterocycles. The van der Waals surface area contributed by atoms with Crippen LogP contribution in [0.5, 0.6) is 0 Å². The smallest absolute Gasteiger partial charge is 0.144 e. The van der Waals surface area contributed by atoms with E-state index >= 15 is 0 Å². The lowest BCUT2D eigenvalue weighted by Crippen LogP contribution is -1.94. The molecule has 0 amide bonds. The minimum Gasteiger partial charge on any atom is -0.342 e. The lowest BCUT2D eigenvalue weighted by Gasteiger charge is -2.05. The Morgan fingerprint density at radius 3 is 2.47 bits per heavy atom. The quantitative estimate of drug-likeness (QED) is 0.645. The first-order chi connectivity index (χ1) is 8.11. The van der Waals surface area contributed by atoms with Gasteiger partial charge in [0.15, 0.2) is 0 Å². The molecule has 1 aromatic heterocycles. The van der Waals surface area contributed by atoms with Crippen molar-refractivity contribution >= 4 is 39.9 Å². The van der Waals surface area contributed by atoms with Gasteiger partial charge in [0.05, 0.1) is 4.47 Å². The van der Waals surface area contributed by atoms with Crippen molar-refractivity contribution < 1.29 is 0 Å². The number of nitrogens with one attached hydrogen (secondary N) is 1. The van der Waals surface area contributed by atoms with Crippen molar-refractivity contribution in [3.63, 3.8) is 0 Å². The van der Waals surface area contributed by atoms with Gasteiger partial charge in [-0.15, -0.1) is 11.8 Å². The van der Waals surface area contributed by atoms with Crippen LogP contribution in [0, 0.1) is 11.6 Å². The lowest BCUT2D eigenvalue weighted by atomic mass is 10.2. The molecular formula is C12H11BrN2S2. The number of rotatable bonds is 2. The summed E-state index contributed by atoms with van der Waals surface area (Å²) in [6, 6.07) is 8.26. The Morgan fingerprint density at radius 1 is 1.29 bits per heavy atom. The maximum Gasteiger partial charge on any atom is 0.144 e. The molecule has 0 saturated heterocycles. The number of aromatic amines is 1. The SMILES string of the molecule is CSc1ccc(-c2nc(=S)c(Br)c(C)[nH]2)cc1. The van der Waals surface area contributed by atoms with Crippen molar-refractivity contribution in [1.82, 2.24) is 9.97 Å². The highest BCUT2D eigenvalue weighted by Gasteiger charge is 2.04. The summed E-state index contributed by atoms with van der Waals surface area (Å²) >= 11 is 10.3. The molecule has 2 rings (SSSR count). The number of thioether (sulfide) groups is 1. The van der Waals surface area contributed by atoms with Gasteiger partial charge in [-0.25, -0.2) is 4.98 Å². The van der Waals surface area contributed by atoms with E-state index in [2.05, 4.69) is 44.3 Å². The van der Waals surface area contributed by atoms with Crippen LogP contribution in [-0.4, -0.2) is 16.2 Å². The largest absolute Gasteiger partial charge is 0.342 e. The van der Waals surface area contributed by atoms with Gasteiger partial charge in [0, 0.05) is 16.2 Å². The summed E-state index contributed by atoms with van der Waals surface area (Å²) in [5, 5.41) is 0. The molecule has 5 heteroatoms. The van der Waals surface area contributed by atoms with Crippen molar-refractivity contribution in [2.75, 3.05) is 6.26 Å². The van der Waals surface area contributed by atoms with Gasteiger partial charge < -0.3 is 4.98 Å². The fourth-order valence-corrected chi connectivity index (χ4v) is 2.30. The van der Waals surface area contributed by atoms with Crippen LogP contribution in [-0.2, 0) is 0 Å². The molecule has 0 aliphatic heterocycles. The Balaban J connectivity index is 2.49. The second-order valence-electron chi connectivity index (χ2n) is 3.56. The van der Waals surface area contributed by atoms with Gasteiger partial charge in [0.2, 0.25) is 0 Å². The standard InChI is InChI=1S/C12H11BrN2S2/c1-7-10(13)12(16)15-11(14-7)8-3-5-9(17-2)6-4-8/h3-6H,1-2H3,(H,14,15,16). The van der Waals surface area contributed by atoms with Gasteiger partial charge in [0.25, 0.3) is 0 Å². The molecule has 0 saturated carbocycles. The van der Waals surface area contributed by atoms with Gasteiger partial charge in [-0.3, -0.25) is 0 Å². The summed E-state index contributed by atoms with van der Waals surface area (Å²) in [6.45, 7) is 1.97. The second kappa shape index (κ2) is 5.33. The van der Waals surface area contributed by atoms with Crippen LogP contribution < -0.4 is 0 Å². The van der Waals surface area contributed by atoms with Crippen molar-refractivity contribution in [3.8, 4) is 11.4 Å². The first-order valence-corrected chi connectivity index (χ1v) is 7.45. The molecule has 0 atom stereocenters. The number of hydrogen-bond acceptors (Lipinski definition) is 3. The molecule has 1 N–H and O–H groups in total. The maximum atomic E-state index is 5.19. The van der Waals surface area contributed by atoms with Crippen LogP contribution in [0.4, 0.5) is 0 Å². The highest BCUT2D eigenvalue weighted by atomic mass is 79.9. The summed E-state index contributed by atoms with van der Waals surface area (Å²) in [5.74, 6) is 0.809. The molecule has 0 radical (unpaired) electrons. The van der Waals surface area contributed by atoms with Crippen LogP contribution in [0.3, 0.4) is 0 Å². The summed E-state index contributed by atoms with van der Waals surface area (Å²) in [7, 11) is 0. The number of nitrogens with zero attached hydrogens (tertiary/aromatic N) is 1. The summed E-state index contributed by atoms with van der Waals surface area (Å²) < 4.78 is 1.45. The molecule has 0 aliphatic carbocycles. The van der Waals surface area contributed by atoms with E-state index < -0.39 is 0 Å². The fourth-order valence-electron chi connectivity index (χ4n) is 1.46. The van der Waals surface area contributed by atoms with Gasteiger partial charge in [0.1, 0.15) is 10.5 Å². The molecule has 0 bridgehead atoms. The van der Waals surface area contributed by atoms with Gasteiger partial charge >= 0.3 is 0 Å². The van der Waals surface area contributed by atoms with Crippen molar-refractivity contribution in [2.24, 2.45) is 0 Å². The van der Waals surface area contributed by atoms with Crippen LogP contribution in [0.25, 0.3) is 11.4 Å². The van der Waals surface area contributed by atoms with Crippen LogP contribution in [0.1, 0.15) is 5.69 Å². The van der Waals surface area contributed by atoms with E-state index in [9.17, 15) is 0 Å². The number of benzene rings is 1. The monoisotopic (exact) mass is 326 g/mol. The van der Waals surface area contributed by atoms with Gasteiger partial charge in [-0.05, 0) is 41.2 Å². The van der Waals surface area contributed by atoms with E-state index in [1.54, 1.807) is 11.8 Å². The predicted octanol–water partition coefficient (Wildman–Crippen LogP) is 4.60. The third-order valence-corrected chi connectivity index (χ3v) is 4.67. The summed E-state index contributed by atoms with van der Waals surface area (Å²) in [5.41, 5.74) is 2.04. The Labute approximate surface area is 118 Å². The van der Waals surface area contributed by atoms with Gasteiger partial charge in [-0.1, -0.05) is 24.4 Å².